The van der Waals surface area contributed by atoms with Gasteiger partial charge in [0.2, 0.25) is 5.91 Å². The average molecular weight is 450 g/mol. The Hall–Kier alpha value is -2.83. The van der Waals surface area contributed by atoms with Crippen LogP contribution in [-0.2, 0) is 24.2 Å². The topological polar surface area (TPSA) is 61.7 Å². The number of fused-ring (bicyclic) bond motifs is 1. The first-order valence-electron chi connectivity index (χ1n) is 12.5. The van der Waals surface area contributed by atoms with Gasteiger partial charge in [0, 0.05) is 56.2 Å². The summed E-state index contributed by atoms with van der Waals surface area (Å²) in [7, 11) is 0. The Bertz CT molecular complexity index is 1050. The normalized spacial score (nSPS) is 18.5. The van der Waals surface area contributed by atoms with Crippen molar-refractivity contribution in [2.75, 3.05) is 44.2 Å². The molecule has 0 saturated carbocycles. The van der Waals surface area contributed by atoms with Crippen molar-refractivity contribution in [3.8, 4) is 0 Å². The van der Waals surface area contributed by atoms with Gasteiger partial charge in [-0.25, -0.2) is 0 Å². The summed E-state index contributed by atoms with van der Waals surface area (Å²) in [5.74, 6) is 0.158. The van der Waals surface area contributed by atoms with Gasteiger partial charge >= 0.3 is 0 Å². The van der Waals surface area contributed by atoms with Gasteiger partial charge < -0.3 is 14.7 Å². The maximum Gasteiger partial charge on any atom is 0.274 e. The van der Waals surface area contributed by atoms with Crippen LogP contribution in [0.25, 0.3) is 0 Å². The highest BCUT2D eigenvalue weighted by Gasteiger charge is 2.30. The van der Waals surface area contributed by atoms with E-state index in [1.165, 1.54) is 16.8 Å². The van der Waals surface area contributed by atoms with Crippen LogP contribution in [0.5, 0.6) is 0 Å². The van der Waals surface area contributed by atoms with Crippen molar-refractivity contribution in [1.82, 2.24) is 19.6 Å². The lowest BCUT2D eigenvalue weighted by Gasteiger charge is -2.37. The number of likely N-dealkylation sites (tertiary alicyclic amines) is 1. The fourth-order valence-corrected chi connectivity index (χ4v) is 5.55. The summed E-state index contributed by atoms with van der Waals surface area (Å²) in [5.41, 5.74) is 6.67. The second-order valence-electron chi connectivity index (χ2n) is 9.72. The van der Waals surface area contributed by atoms with E-state index in [1.54, 1.807) is 0 Å². The van der Waals surface area contributed by atoms with Crippen LogP contribution >= 0.6 is 0 Å². The summed E-state index contributed by atoms with van der Waals surface area (Å²) in [6.45, 7) is 9.31. The summed E-state index contributed by atoms with van der Waals surface area (Å²) >= 11 is 0. The summed E-state index contributed by atoms with van der Waals surface area (Å²) in [6.07, 6.45) is 6.13. The molecule has 0 radical (unpaired) electrons. The maximum absolute atomic E-state index is 13.2. The average Bonchev–Trinajstić information content (AvgIpc) is 3.50. The SMILES string of the molecule is Cc1cccc(N2CCN(C(=O)Cn3nc(C(=O)N4CCCC4)c4c3CCCC4)CC2)c1C. The van der Waals surface area contributed by atoms with Gasteiger partial charge in [0.25, 0.3) is 5.91 Å². The molecule has 1 aliphatic carbocycles. The molecule has 7 nitrogen and oxygen atoms in total. The summed E-state index contributed by atoms with van der Waals surface area (Å²) in [4.78, 5) is 32.6. The number of amides is 2. The highest BCUT2D eigenvalue weighted by Crippen LogP contribution is 2.27. The molecule has 33 heavy (non-hydrogen) atoms. The van der Waals surface area contributed by atoms with Crippen LogP contribution in [0.1, 0.15) is 58.6 Å². The molecule has 176 valence electrons. The largest absolute Gasteiger partial charge is 0.368 e. The Morgan fingerprint density at radius 2 is 1.61 bits per heavy atom. The van der Waals surface area contributed by atoms with Gasteiger partial charge in [-0.2, -0.15) is 5.10 Å². The second kappa shape index (κ2) is 9.20. The van der Waals surface area contributed by atoms with Crippen molar-refractivity contribution in [3.05, 3.63) is 46.3 Å². The van der Waals surface area contributed by atoms with Crippen LogP contribution in [0.3, 0.4) is 0 Å². The number of hydrogen-bond acceptors (Lipinski definition) is 4. The Labute approximate surface area is 196 Å². The molecule has 2 saturated heterocycles. The van der Waals surface area contributed by atoms with E-state index in [1.807, 2.05) is 14.5 Å². The zero-order valence-electron chi connectivity index (χ0n) is 20.0. The maximum atomic E-state index is 13.2. The molecule has 3 heterocycles. The Kier molecular flexibility index (Phi) is 6.13. The van der Waals surface area contributed by atoms with E-state index in [9.17, 15) is 9.59 Å². The third-order valence-corrected chi connectivity index (χ3v) is 7.69. The highest BCUT2D eigenvalue weighted by atomic mass is 16.2. The summed E-state index contributed by atoms with van der Waals surface area (Å²) in [6, 6.07) is 6.43. The molecule has 2 amide bonds. The zero-order valence-corrected chi connectivity index (χ0v) is 20.0. The number of aromatic nitrogens is 2. The van der Waals surface area contributed by atoms with Crippen molar-refractivity contribution in [1.29, 1.82) is 0 Å². The third-order valence-electron chi connectivity index (χ3n) is 7.69. The monoisotopic (exact) mass is 449 g/mol. The van der Waals surface area contributed by atoms with Gasteiger partial charge in [-0.3, -0.25) is 14.3 Å². The molecule has 7 heteroatoms. The smallest absolute Gasteiger partial charge is 0.274 e. The first kappa shape index (κ1) is 22.0. The van der Waals surface area contributed by atoms with Crippen LogP contribution in [0.2, 0.25) is 0 Å². The Morgan fingerprint density at radius 1 is 0.879 bits per heavy atom. The molecular formula is C26H35N5O2. The number of benzene rings is 1. The predicted molar refractivity (Wildman–Crippen MR) is 129 cm³/mol. The number of hydrogen-bond donors (Lipinski definition) is 0. The van der Waals surface area contributed by atoms with E-state index in [0.717, 1.165) is 89.1 Å². The first-order valence-corrected chi connectivity index (χ1v) is 12.5. The molecule has 0 spiro atoms. The number of carbonyl (C=O) groups is 2. The third kappa shape index (κ3) is 4.25. The zero-order chi connectivity index (χ0) is 22.9. The van der Waals surface area contributed by atoms with Crippen molar-refractivity contribution in [3.63, 3.8) is 0 Å². The molecular weight excluding hydrogens is 414 g/mol. The van der Waals surface area contributed by atoms with Crippen LogP contribution in [0, 0.1) is 13.8 Å². The van der Waals surface area contributed by atoms with Gasteiger partial charge in [-0.15, -0.1) is 0 Å². The number of piperazine rings is 1. The molecule has 2 aliphatic heterocycles. The standard InChI is InChI=1S/C26H35N5O2/c1-19-8-7-11-22(20(19)2)28-14-16-29(17-15-28)24(32)18-31-23-10-4-3-9-21(23)25(27-31)26(33)30-12-5-6-13-30/h7-8,11H,3-6,9-10,12-18H2,1-2H3. The summed E-state index contributed by atoms with van der Waals surface area (Å²) in [5, 5.41) is 4.72. The first-order chi connectivity index (χ1) is 16.0. The lowest BCUT2D eigenvalue weighted by atomic mass is 9.95. The van der Waals surface area contributed by atoms with E-state index in [4.69, 9.17) is 5.10 Å². The molecule has 1 aromatic carbocycles. The van der Waals surface area contributed by atoms with Gasteiger partial charge in [-0.1, -0.05) is 12.1 Å². The number of anilines is 1. The van der Waals surface area contributed by atoms with Gasteiger partial charge in [0.15, 0.2) is 5.69 Å². The van der Waals surface area contributed by atoms with E-state index >= 15 is 0 Å². The van der Waals surface area contributed by atoms with Crippen LogP contribution in [0.15, 0.2) is 18.2 Å². The lowest BCUT2D eigenvalue weighted by molar-refractivity contribution is -0.132. The minimum Gasteiger partial charge on any atom is -0.368 e. The van der Waals surface area contributed by atoms with E-state index in [2.05, 4.69) is 36.9 Å². The van der Waals surface area contributed by atoms with Gasteiger partial charge in [-0.05, 0) is 69.6 Å². The molecule has 0 atom stereocenters. The number of nitrogens with zero attached hydrogens (tertiary/aromatic N) is 5. The lowest BCUT2D eigenvalue weighted by Crippen LogP contribution is -2.50. The predicted octanol–water partition coefficient (Wildman–Crippen LogP) is 2.96. The Morgan fingerprint density at radius 3 is 2.36 bits per heavy atom. The minimum absolute atomic E-state index is 0.0546. The van der Waals surface area contributed by atoms with E-state index in [-0.39, 0.29) is 18.4 Å². The number of rotatable bonds is 4. The molecule has 5 rings (SSSR count). The summed E-state index contributed by atoms with van der Waals surface area (Å²) < 4.78 is 1.84. The number of aryl methyl sites for hydroxylation is 1. The van der Waals surface area contributed by atoms with Gasteiger partial charge in [0.1, 0.15) is 6.54 Å². The highest BCUT2D eigenvalue weighted by molar-refractivity contribution is 5.94. The quantitative estimate of drug-likeness (QED) is 0.720. The number of carbonyl (C=O) groups excluding carboxylic acids is 2. The molecule has 2 aromatic rings. The molecule has 2 fully saturated rings. The van der Waals surface area contributed by atoms with Crippen LogP contribution in [0.4, 0.5) is 5.69 Å². The molecule has 0 N–H and O–H groups in total. The fourth-order valence-electron chi connectivity index (χ4n) is 5.55. The fraction of sp³-hybridized carbons (Fsp3) is 0.577. The van der Waals surface area contributed by atoms with Crippen molar-refractivity contribution >= 4 is 17.5 Å². The minimum atomic E-state index is 0.0546. The van der Waals surface area contributed by atoms with Crippen molar-refractivity contribution in [2.45, 2.75) is 58.9 Å². The van der Waals surface area contributed by atoms with Crippen molar-refractivity contribution < 1.29 is 9.59 Å². The van der Waals surface area contributed by atoms with Gasteiger partial charge in [0.05, 0.1) is 0 Å². The van der Waals surface area contributed by atoms with Crippen molar-refractivity contribution in [2.24, 2.45) is 0 Å². The van der Waals surface area contributed by atoms with Crippen LogP contribution in [-0.4, -0.2) is 70.7 Å². The van der Waals surface area contributed by atoms with E-state index in [0.29, 0.717) is 5.69 Å². The molecule has 1 aromatic heterocycles. The molecule has 3 aliphatic rings. The van der Waals surface area contributed by atoms with Crippen LogP contribution < -0.4 is 4.90 Å². The Balaban J connectivity index is 1.27. The molecule has 0 bridgehead atoms. The van der Waals surface area contributed by atoms with E-state index < -0.39 is 0 Å². The molecule has 0 unspecified atom stereocenters. The second-order valence-corrected chi connectivity index (χ2v) is 9.72.